The van der Waals surface area contributed by atoms with E-state index in [1.165, 1.54) is 38.9 Å². The fraction of sp³-hybridized carbons (Fsp3) is 0.409. The molecule has 130 valence electrons. The van der Waals surface area contributed by atoms with Crippen molar-refractivity contribution in [3.05, 3.63) is 58.4 Å². The summed E-state index contributed by atoms with van der Waals surface area (Å²) in [4.78, 5) is 11.0. The quantitative estimate of drug-likeness (QED) is 0.732. The zero-order valence-electron chi connectivity index (χ0n) is 15.5. The lowest BCUT2D eigenvalue weighted by Crippen LogP contribution is -2.31. The molecule has 0 atom stereocenters. The third-order valence-corrected chi connectivity index (χ3v) is 5.54. The zero-order valence-corrected chi connectivity index (χ0v) is 15.5. The second-order valence-electron chi connectivity index (χ2n) is 7.13. The van der Waals surface area contributed by atoms with Crippen LogP contribution >= 0.6 is 0 Å². The number of aryl methyl sites for hydroxylation is 3. The first kappa shape index (κ1) is 16.2. The largest absolute Gasteiger partial charge is 0.355 e. The van der Waals surface area contributed by atoms with Gasteiger partial charge in [0.2, 0.25) is 0 Å². The molecule has 4 rings (SSSR count). The minimum atomic E-state index is 0.949. The number of pyridine rings is 1. The van der Waals surface area contributed by atoms with Crippen LogP contribution < -0.4 is 4.90 Å². The lowest BCUT2D eigenvalue weighted by atomic mass is 9.99. The van der Waals surface area contributed by atoms with E-state index < -0.39 is 0 Å². The van der Waals surface area contributed by atoms with E-state index in [1.807, 2.05) is 0 Å². The maximum Gasteiger partial charge on any atom is 0.153 e. The number of fused-ring (bicyclic) bond motifs is 2. The number of rotatable bonds is 4. The van der Waals surface area contributed by atoms with Crippen molar-refractivity contribution in [3.8, 4) is 0 Å². The van der Waals surface area contributed by atoms with Crippen LogP contribution in [0.1, 0.15) is 48.2 Å². The minimum absolute atomic E-state index is 0.949. The molecule has 3 aromatic rings. The second kappa shape index (κ2) is 6.55. The molecule has 0 spiro atoms. The van der Waals surface area contributed by atoms with Gasteiger partial charge in [0.15, 0.2) is 5.82 Å². The molecule has 25 heavy (non-hydrogen) atoms. The lowest BCUT2D eigenvalue weighted by molar-refractivity contribution is 0.722. The van der Waals surface area contributed by atoms with Gasteiger partial charge in [0.1, 0.15) is 0 Å². The van der Waals surface area contributed by atoms with Crippen LogP contribution in [0.25, 0.3) is 10.9 Å². The molecule has 1 aliphatic rings. The molecule has 1 N–H and O–H groups in total. The van der Waals surface area contributed by atoms with Gasteiger partial charge in [-0.15, -0.1) is 0 Å². The van der Waals surface area contributed by atoms with Crippen LogP contribution in [0.2, 0.25) is 0 Å². The number of hydrogen-bond acceptors (Lipinski definition) is 2. The van der Waals surface area contributed by atoms with Crippen LogP contribution in [-0.2, 0) is 25.8 Å². The number of aromatic amines is 1. The van der Waals surface area contributed by atoms with Crippen LogP contribution in [0.15, 0.2) is 30.5 Å². The van der Waals surface area contributed by atoms with E-state index >= 15 is 0 Å². The van der Waals surface area contributed by atoms with Gasteiger partial charge in [0.05, 0.1) is 5.52 Å². The number of nitrogens with zero attached hydrogens (tertiary/aromatic N) is 2. The molecule has 0 saturated heterocycles. The van der Waals surface area contributed by atoms with Crippen molar-refractivity contribution in [2.24, 2.45) is 0 Å². The Morgan fingerprint density at radius 3 is 2.72 bits per heavy atom. The Bertz CT molecular complexity index is 907. The molecule has 0 fully saturated rings. The predicted molar refractivity (Wildman–Crippen MR) is 105 cm³/mol. The van der Waals surface area contributed by atoms with E-state index in [4.69, 9.17) is 4.98 Å². The maximum atomic E-state index is 4.91. The average molecular weight is 333 g/mol. The van der Waals surface area contributed by atoms with Crippen molar-refractivity contribution in [2.45, 2.75) is 53.0 Å². The molecule has 1 aliphatic heterocycles. The average Bonchev–Trinajstić information content (AvgIpc) is 2.99. The Kier molecular flexibility index (Phi) is 4.24. The summed E-state index contributed by atoms with van der Waals surface area (Å²) >= 11 is 0. The molecule has 0 amide bonds. The summed E-state index contributed by atoms with van der Waals surface area (Å²) in [7, 11) is 0. The van der Waals surface area contributed by atoms with Crippen molar-refractivity contribution in [2.75, 3.05) is 11.4 Å². The Labute approximate surface area is 150 Å². The summed E-state index contributed by atoms with van der Waals surface area (Å²) < 4.78 is 0. The van der Waals surface area contributed by atoms with Crippen molar-refractivity contribution in [1.82, 2.24) is 9.97 Å². The third kappa shape index (κ3) is 2.72. The van der Waals surface area contributed by atoms with E-state index in [-0.39, 0.29) is 0 Å². The number of aromatic nitrogens is 2. The van der Waals surface area contributed by atoms with E-state index in [0.29, 0.717) is 0 Å². The molecule has 3 nitrogen and oxygen atoms in total. The number of anilines is 1. The Morgan fingerprint density at radius 2 is 1.96 bits per heavy atom. The van der Waals surface area contributed by atoms with Gasteiger partial charge in [0, 0.05) is 30.4 Å². The Morgan fingerprint density at radius 1 is 1.16 bits per heavy atom. The topological polar surface area (TPSA) is 31.9 Å². The molecule has 0 bridgehead atoms. The molecule has 1 aromatic carbocycles. The first-order chi connectivity index (χ1) is 12.2. The molecule has 2 aromatic heterocycles. The fourth-order valence-electron chi connectivity index (χ4n) is 4.21. The first-order valence-corrected chi connectivity index (χ1v) is 9.53. The molecule has 0 radical (unpaired) electrons. The monoisotopic (exact) mass is 333 g/mol. The molecule has 3 heteroatoms. The zero-order chi connectivity index (χ0) is 17.4. The highest BCUT2D eigenvalue weighted by Crippen LogP contribution is 2.34. The van der Waals surface area contributed by atoms with E-state index in [1.54, 1.807) is 0 Å². The highest BCUT2D eigenvalue weighted by Gasteiger charge is 2.22. The van der Waals surface area contributed by atoms with Gasteiger partial charge in [-0.2, -0.15) is 0 Å². The molecule has 3 heterocycles. The van der Waals surface area contributed by atoms with Crippen LogP contribution in [0.3, 0.4) is 0 Å². The normalized spacial score (nSPS) is 14.1. The maximum absolute atomic E-state index is 4.91. The van der Waals surface area contributed by atoms with Gasteiger partial charge in [-0.25, -0.2) is 4.98 Å². The standard InChI is InChI=1S/C22H27N3/c1-4-8-17-13-23-22(21-20(17)15(3)19(5-2)24-21)25-12-11-16-9-6-7-10-18(16)14-25/h6-7,9-10,13,24H,4-5,8,11-12,14H2,1-3H3. The summed E-state index contributed by atoms with van der Waals surface area (Å²) in [5.74, 6) is 1.12. The Hall–Kier alpha value is -2.29. The highest BCUT2D eigenvalue weighted by molar-refractivity contribution is 5.95. The second-order valence-corrected chi connectivity index (χ2v) is 7.13. The van der Waals surface area contributed by atoms with Gasteiger partial charge in [-0.1, -0.05) is 44.5 Å². The van der Waals surface area contributed by atoms with Crippen LogP contribution in [0.5, 0.6) is 0 Å². The molecule has 0 saturated carbocycles. The SMILES string of the molecule is CCCc1cnc(N2CCc3ccccc3C2)c2[nH]c(CC)c(C)c12. The summed E-state index contributed by atoms with van der Waals surface area (Å²) in [6, 6.07) is 8.80. The summed E-state index contributed by atoms with van der Waals surface area (Å²) in [5.41, 5.74) is 8.28. The van der Waals surface area contributed by atoms with Crippen molar-refractivity contribution in [1.29, 1.82) is 0 Å². The highest BCUT2D eigenvalue weighted by atomic mass is 15.2. The van der Waals surface area contributed by atoms with E-state index in [0.717, 1.165) is 44.6 Å². The third-order valence-electron chi connectivity index (χ3n) is 5.54. The van der Waals surface area contributed by atoms with Crippen molar-refractivity contribution in [3.63, 3.8) is 0 Å². The molecular formula is C22H27N3. The first-order valence-electron chi connectivity index (χ1n) is 9.53. The van der Waals surface area contributed by atoms with Crippen LogP contribution in [0.4, 0.5) is 5.82 Å². The summed E-state index contributed by atoms with van der Waals surface area (Å²) in [5, 5.41) is 1.41. The van der Waals surface area contributed by atoms with Crippen LogP contribution in [0, 0.1) is 6.92 Å². The predicted octanol–water partition coefficient (Wildman–Crippen LogP) is 4.95. The van der Waals surface area contributed by atoms with Gasteiger partial charge >= 0.3 is 0 Å². The van der Waals surface area contributed by atoms with Gasteiger partial charge in [0.25, 0.3) is 0 Å². The molecule has 0 unspecified atom stereocenters. The summed E-state index contributed by atoms with van der Waals surface area (Å²) in [6.07, 6.45) is 6.49. The Balaban J connectivity index is 1.82. The van der Waals surface area contributed by atoms with Gasteiger partial charge < -0.3 is 9.88 Å². The van der Waals surface area contributed by atoms with E-state index in [2.05, 4.69) is 61.1 Å². The minimum Gasteiger partial charge on any atom is -0.355 e. The van der Waals surface area contributed by atoms with Crippen molar-refractivity contribution < 1.29 is 0 Å². The summed E-state index contributed by atoms with van der Waals surface area (Å²) in [6.45, 7) is 8.70. The molecular weight excluding hydrogens is 306 g/mol. The van der Waals surface area contributed by atoms with E-state index in [9.17, 15) is 0 Å². The lowest BCUT2D eigenvalue weighted by Gasteiger charge is -2.30. The van der Waals surface area contributed by atoms with Gasteiger partial charge in [-0.3, -0.25) is 0 Å². The van der Waals surface area contributed by atoms with Gasteiger partial charge in [-0.05, 0) is 48.4 Å². The number of H-pyrrole nitrogens is 1. The number of benzene rings is 1. The molecule has 0 aliphatic carbocycles. The fourth-order valence-corrected chi connectivity index (χ4v) is 4.21. The number of hydrogen-bond donors (Lipinski definition) is 1. The number of nitrogens with one attached hydrogen (secondary N) is 1. The smallest absolute Gasteiger partial charge is 0.153 e. The van der Waals surface area contributed by atoms with Crippen molar-refractivity contribution >= 4 is 16.7 Å². The van der Waals surface area contributed by atoms with Crippen LogP contribution in [-0.4, -0.2) is 16.5 Å².